The molecule has 1 N–H and O–H groups in total. The van der Waals surface area contributed by atoms with Crippen LogP contribution in [0.3, 0.4) is 0 Å². The molecule has 2 heterocycles. The molecule has 18 heavy (non-hydrogen) atoms. The molecule has 2 fully saturated rings. The van der Waals surface area contributed by atoms with Crippen molar-refractivity contribution in [2.75, 3.05) is 32.7 Å². The van der Waals surface area contributed by atoms with Crippen molar-refractivity contribution in [2.45, 2.75) is 26.1 Å². The molecular formula is C10H19N3O4S. The Bertz CT molecular complexity index is 415. The largest absolute Gasteiger partial charge is 0.373 e. The summed E-state index contributed by atoms with van der Waals surface area (Å²) in [6, 6.07) is 0. The van der Waals surface area contributed by atoms with Gasteiger partial charge in [0.1, 0.15) is 0 Å². The van der Waals surface area contributed by atoms with Crippen LogP contribution in [0.2, 0.25) is 0 Å². The normalized spacial score (nSPS) is 32.2. The molecule has 1 amide bonds. The predicted octanol–water partition coefficient (Wildman–Crippen LogP) is -1.23. The number of piperazine rings is 1. The molecule has 2 rings (SSSR count). The highest BCUT2D eigenvalue weighted by molar-refractivity contribution is 7.86. The molecule has 0 bridgehead atoms. The average Bonchev–Trinajstić information content (AvgIpc) is 2.27. The topological polar surface area (TPSA) is 79.0 Å². The van der Waals surface area contributed by atoms with Gasteiger partial charge < -0.3 is 10.1 Å². The molecule has 2 saturated heterocycles. The van der Waals surface area contributed by atoms with Gasteiger partial charge >= 0.3 is 0 Å². The fourth-order valence-corrected chi connectivity index (χ4v) is 4.02. The van der Waals surface area contributed by atoms with Crippen molar-refractivity contribution in [1.82, 2.24) is 13.9 Å². The first kappa shape index (κ1) is 13.7. The van der Waals surface area contributed by atoms with Crippen LogP contribution >= 0.6 is 0 Å². The highest BCUT2D eigenvalue weighted by Gasteiger charge is 2.37. The molecule has 8 heteroatoms. The number of nitrogens with zero attached hydrogens (tertiary/aromatic N) is 2. The lowest BCUT2D eigenvalue weighted by Crippen LogP contribution is -2.57. The van der Waals surface area contributed by atoms with Gasteiger partial charge in [0.25, 0.3) is 10.2 Å². The van der Waals surface area contributed by atoms with Gasteiger partial charge in [-0.2, -0.15) is 17.0 Å². The van der Waals surface area contributed by atoms with E-state index < -0.39 is 10.2 Å². The van der Waals surface area contributed by atoms with Crippen molar-refractivity contribution in [2.24, 2.45) is 0 Å². The van der Waals surface area contributed by atoms with Crippen LogP contribution in [-0.4, -0.2) is 67.9 Å². The van der Waals surface area contributed by atoms with Crippen molar-refractivity contribution in [1.29, 1.82) is 0 Å². The van der Waals surface area contributed by atoms with Gasteiger partial charge in [-0.1, -0.05) is 0 Å². The maximum Gasteiger partial charge on any atom is 0.282 e. The predicted molar refractivity (Wildman–Crippen MR) is 65.1 cm³/mol. The van der Waals surface area contributed by atoms with E-state index >= 15 is 0 Å². The van der Waals surface area contributed by atoms with Crippen LogP contribution in [0.25, 0.3) is 0 Å². The van der Waals surface area contributed by atoms with E-state index in [4.69, 9.17) is 4.74 Å². The second-order valence-corrected chi connectivity index (χ2v) is 6.69. The molecule has 0 aliphatic carbocycles. The minimum atomic E-state index is -3.56. The van der Waals surface area contributed by atoms with Gasteiger partial charge in [0.05, 0.1) is 18.8 Å². The summed E-state index contributed by atoms with van der Waals surface area (Å²) in [7, 11) is -3.56. The lowest BCUT2D eigenvalue weighted by molar-refractivity contribution is -0.122. The molecule has 0 saturated carbocycles. The second kappa shape index (κ2) is 5.12. The van der Waals surface area contributed by atoms with Crippen molar-refractivity contribution >= 4 is 16.1 Å². The molecule has 0 unspecified atom stereocenters. The molecule has 0 aromatic heterocycles. The Hall–Kier alpha value is -0.700. The van der Waals surface area contributed by atoms with E-state index in [1.54, 1.807) is 0 Å². The van der Waals surface area contributed by atoms with E-state index in [1.165, 1.54) is 8.61 Å². The SMILES string of the molecule is C[C@@H]1CN(S(=O)(=O)N2CCNC(=O)C2)C[C@@H](C)O1. The molecule has 0 aromatic carbocycles. The van der Waals surface area contributed by atoms with Crippen LogP contribution in [0.15, 0.2) is 0 Å². The monoisotopic (exact) mass is 277 g/mol. The van der Waals surface area contributed by atoms with Crippen molar-refractivity contribution in [3.8, 4) is 0 Å². The van der Waals surface area contributed by atoms with Gasteiger partial charge in [-0.15, -0.1) is 0 Å². The van der Waals surface area contributed by atoms with Gasteiger partial charge in [0.15, 0.2) is 0 Å². The molecule has 0 spiro atoms. The van der Waals surface area contributed by atoms with Gasteiger partial charge in [-0.3, -0.25) is 4.79 Å². The molecule has 2 aliphatic rings. The number of hydrogen-bond donors (Lipinski definition) is 1. The van der Waals surface area contributed by atoms with Crippen molar-refractivity contribution in [3.05, 3.63) is 0 Å². The zero-order valence-electron chi connectivity index (χ0n) is 10.6. The number of hydrogen-bond acceptors (Lipinski definition) is 4. The molecule has 2 atom stereocenters. The Balaban J connectivity index is 2.12. The third-order valence-corrected chi connectivity index (χ3v) is 4.96. The lowest BCUT2D eigenvalue weighted by Gasteiger charge is -2.38. The first-order valence-electron chi connectivity index (χ1n) is 6.07. The summed E-state index contributed by atoms with van der Waals surface area (Å²) in [5.41, 5.74) is 0. The lowest BCUT2D eigenvalue weighted by atomic mass is 10.3. The highest BCUT2D eigenvalue weighted by atomic mass is 32.2. The number of ether oxygens (including phenoxy) is 1. The summed E-state index contributed by atoms with van der Waals surface area (Å²) in [5.74, 6) is -0.251. The van der Waals surface area contributed by atoms with Gasteiger partial charge in [-0.25, -0.2) is 0 Å². The number of nitrogens with one attached hydrogen (secondary N) is 1. The molecule has 0 aromatic rings. The first-order chi connectivity index (χ1) is 8.39. The average molecular weight is 277 g/mol. The maximum atomic E-state index is 12.4. The minimum absolute atomic E-state index is 0.0948. The number of amides is 1. The quantitative estimate of drug-likeness (QED) is 0.685. The van der Waals surface area contributed by atoms with Crippen LogP contribution < -0.4 is 5.32 Å². The minimum Gasteiger partial charge on any atom is -0.373 e. The molecule has 0 radical (unpaired) electrons. The smallest absolute Gasteiger partial charge is 0.282 e. The fraction of sp³-hybridized carbons (Fsp3) is 0.900. The number of carbonyl (C=O) groups is 1. The van der Waals surface area contributed by atoms with E-state index in [1.807, 2.05) is 13.8 Å². The van der Waals surface area contributed by atoms with Gasteiger partial charge in [-0.05, 0) is 13.8 Å². The second-order valence-electron chi connectivity index (χ2n) is 4.77. The first-order valence-corrected chi connectivity index (χ1v) is 7.46. The molecule has 7 nitrogen and oxygen atoms in total. The Kier molecular flexibility index (Phi) is 3.90. The Morgan fingerprint density at radius 1 is 1.22 bits per heavy atom. The third kappa shape index (κ3) is 2.82. The van der Waals surface area contributed by atoms with Crippen LogP contribution in [-0.2, 0) is 19.7 Å². The fourth-order valence-electron chi connectivity index (χ4n) is 2.29. The van der Waals surface area contributed by atoms with Crippen LogP contribution in [0.5, 0.6) is 0 Å². The van der Waals surface area contributed by atoms with Crippen molar-refractivity contribution < 1.29 is 17.9 Å². The van der Waals surface area contributed by atoms with E-state index in [0.717, 1.165) is 0 Å². The Labute approximate surface area is 107 Å². The Morgan fingerprint density at radius 2 is 1.83 bits per heavy atom. The standard InChI is InChI=1S/C10H19N3O4S/c1-8-5-13(6-9(2)17-8)18(15,16)12-4-3-11-10(14)7-12/h8-9H,3-7H2,1-2H3,(H,11,14)/t8-,9-/m1/s1. The highest BCUT2D eigenvalue weighted by Crippen LogP contribution is 2.17. The van der Waals surface area contributed by atoms with Gasteiger partial charge in [0.2, 0.25) is 5.91 Å². The van der Waals surface area contributed by atoms with E-state index in [9.17, 15) is 13.2 Å². The number of carbonyl (C=O) groups excluding carboxylic acids is 1. The third-order valence-electron chi connectivity index (χ3n) is 3.04. The van der Waals surface area contributed by atoms with Gasteiger partial charge in [0, 0.05) is 26.2 Å². The van der Waals surface area contributed by atoms with Crippen molar-refractivity contribution in [3.63, 3.8) is 0 Å². The molecular weight excluding hydrogens is 258 g/mol. The Morgan fingerprint density at radius 3 is 2.39 bits per heavy atom. The summed E-state index contributed by atoms with van der Waals surface area (Å²) in [6.07, 6.45) is -0.246. The van der Waals surface area contributed by atoms with E-state index in [0.29, 0.717) is 26.2 Å². The summed E-state index contributed by atoms with van der Waals surface area (Å²) >= 11 is 0. The molecule has 2 aliphatic heterocycles. The number of morpholine rings is 1. The van der Waals surface area contributed by atoms with E-state index in [-0.39, 0.29) is 24.7 Å². The summed E-state index contributed by atoms with van der Waals surface area (Å²) < 4.78 is 32.9. The summed E-state index contributed by atoms with van der Waals surface area (Å²) in [6.45, 7) is 4.97. The maximum absolute atomic E-state index is 12.4. The zero-order valence-corrected chi connectivity index (χ0v) is 11.4. The summed E-state index contributed by atoms with van der Waals surface area (Å²) in [4.78, 5) is 11.3. The van der Waals surface area contributed by atoms with Crippen LogP contribution in [0.1, 0.15) is 13.8 Å². The zero-order chi connectivity index (χ0) is 13.3. The number of rotatable bonds is 2. The van der Waals surface area contributed by atoms with E-state index in [2.05, 4.69) is 5.32 Å². The summed E-state index contributed by atoms with van der Waals surface area (Å²) in [5, 5.41) is 2.62. The van der Waals surface area contributed by atoms with Crippen LogP contribution in [0, 0.1) is 0 Å². The van der Waals surface area contributed by atoms with Crippen LogP contribution in [0.4, 0.5) is 0 Å². The molecule has 104 valence electrons.